The number of likely N-dealkylation sites (tertiary alicyclic amines) is 1. The Kier molecular flexibility index (Phi) is 8.84. The first-order valence-electron chi connectivity index (χ1n) is 8.75. The summed E-state index contributed by atoms with van der Waals surface area (Å²) in [5.41, 5.74) is -0.101. The van der Waals surface area contributed by atoms with Crippen molar-refractivity contribution in [3.05, 3.63) is 17.8 Å². The molecule has 1 atom stereocenters. The van der Waals surface area contributed by atoms with Gasteiger partial charge >= 0.3 is 6.18 Å². The van der Waals surface area contributed by atoms with E-state index in [-0.39, 0.29) is 35.3 Å². The molecule has 10 heteroatoms. The van der Waals surface area contributed by atoms with Crippen molar-refractivity contribution >= 4 is 29.9 Å². The van der Waals surface area contributed by atoms with Gasteiger partial charge in [0.1, 0.15) is 5.76 Å². The maximum Gasteiger partial charge on any atom is 0.401 e. The zero-order valence-electron chi connectivity index (χ0n) is 16.2. The largest absolute Gasteiger partial charge is 0.443 e. The summed E-state index contributed by atoms with van der Waals surface area (Å²) in [6.45, 7) is 7.20. The van der Waals surface area contributed by atoms with Crippen molar-refractivity contribution in [3.8, 4) is 0 Å². The maximum absolute atomic E-state index is 12.4. The number of rotatable bonds is 5. The second-order valence-corrected chi connectivity index (χ2v) is 7.68. The lowest BCUT2D eigenvalue weighted by Crippen LogP contribution is -2.40. The van der Waals surface area contributed by atoms with Gasteiger partial charge in [-0.05, 0) is 18.9 Å². The van der Waals surface area contributed by atoms with Crippen LogP contribution in [0.5, 0.6) is 0 Å². The van der Waals surface area contributed by atoms with Gasteiger partial charge < -0.3 is 15.1 Å². The number of guanidine groups is 1. The molecule has 0 radical (unpaired) electrons. The van der Waals surface area contributed by atoms with Crippen molar-refractivity contribution in [1.29, 1.82) is 0 Å². The second kappa shape index (κ2) is 9.94. The molecule has 1 aromatic heterocycles. The van der Waals surface area contributed by atoms with Crippen LogP contribution in [0.3, 0.4) is 0 Å². The lowest BCUT2D eigenvalue weighted by atomic mass is 9.94. The molecule has 2 N–H and O–H groups in total. The number of nitrogens with zero attached hydrogens (tertiary/aromatic N) is 3. The predicted molar refractivity (Wildman–Crippen MR) is 109 cm³/mol. The monoisotopic (exact) mass is 503 g/mol. The average molecular weight is 503 g/mol. The zero-order chi connectivity index (χ0) is 19.4. The van der Waals surface area contributed by atoms with Gasteiger partial charge in [0.15, 0.2) is 5.96 Å². The molecule has 0 amide bonds. The van der Waals surface area contributed by atoms with Gasteiger partial charge in [-0.25, -0.2) is 4.98 Å². The first-order chi connectivity index (χ1) is 12.1. The fourth-order valence-electron chi connectivity index (χ4n) is 2.84. The van der Waals surface area contributed by atoms with Crippen LogP contribution in [0.4, 0.5) is 13.2 Å². The van der Waals surface area contributed by atoms with E-state index in [4.69, 9.17) is 4.42 Å². The number of hydrogen-bond acceptors (Lipinski definition) is 4. The Morgan fingerprint density at radius 1 is 1.33 bits per heavy atom. The van der Waals surface area contributed by atoms with E-state index >= 15 is 0 Å². The molecule has 1 unspecified atom stereocenters. The van der Waals surface area contributed by atoms with Crippen LogP contribution in [0.2, 0.25) is 0 Å². The Morgan fingerprint density at radius 2 is 2.04 bits per heavy atom. The van der Waals surface area contributed by atoms with Gasteiger partial charge in [0, 0.05) is 25.6 Å². The number of hydrogen-bond donors (Lipinski definition) is 2. The molecule has 0 saturated carbocycles. The lowest BCUT2D eigenvalue weighted by Gasteiger charge is -2.18. The van der Waals surface area contributed by atoms with Gasteiger partial charge in [-0.1, -0.05) is 20.8 Å². The minimum atomic E-state index is -4.14. The number of aliphatic imine (C=N–C) groups is 1. The summed E-state index contributed by atoms with van der Waals surface area (Å²) >= 11 is 0. The maximum atomic E-state index is 12.4. The molecule has 1 aliphatic heterocycles. The Labute approximate surface area is 175 Å². The molecule has 1 saturated heterocycles. The highest BCUT2D eigenvalue weighted by Crippen LogP contribution is 2.23. The summed E-state index contributed by atoms with van der Waals surface area (Å²) in [7, 11) is 1.65. The Bertz CT molecular complexity index is 612. The fraction of sp³-hybridized carbons (Fsp3) is 0.765. The van der Waals surface area contributed by atoms with Crippen molar-refractivity contribution in [2.24, 2.45) is 10.9 Å². The Balaban J connectivity index is 0.00000364. The first kappa shape index (κ1) is 24.0. The van der Waals surface area contributed by atoms with Crippen molar-refractivity contribution in [3.63, 3.8) is 0 Å². The van der Waals surface area contributed by atoms with Crippen LogP contribution < -0.4 is 10.6 Å². The summed E-state index contributed by atoms with van der Waals surface area (Å²) in [5, 5.41) is 6.28. The van der Waals surface area contributed by atoms with E-state index in [1.807, 2.05) is 0 Å². The van der Waals surface area contributed by atoms with E-state index in [2.05, 4.69) is 41.4 Å². The quantitative estimate of drug-likeness (QED) is 0.368. The topological polar surface area (TPSA) is 65.7 Å². The summed E-state index contributed by atoms with van der Waals surface area (Å²) in [5.74, 6) is 2.13. The standard InChI is InChI=1S/C17H28F3N5O.HI/c1-16(2,3)13-8-22-14(26-13)9-24-15(21-4)23-7-12-5-6-25(10-12)11-17(18,19)20;/h8,12H,5-7,9-11H2,1-4H3,(H2,21,23,24);1H. The highest BCUT2D eigenvalue weighted by Gasteiger charge is 2.34. The van der Waals surface area contributed by atoms with Crippen LogP contribution >= 0.6 is 24.0 Å². The Hall–Kier alpha value is -1.04. The van der Waals surface area contributed by atoms with E-state index in [0.29, 0.717) is 38.0 Å². The van der Waals surface area contributed by atoms with Gasteiger partial charge in [0.05, 0.1) is 19.3 Å². The first-order valence-corrected chi connectivity index (χ1v) is 8.75. The number of aromatic nitrogens is 1. The summed E-state index contributed by atoms with van der Waals surface area (Å²) in [6, 6.07) is 0. The smallest absolute Gasteiger partial charge is 0.401 e. The molecule has 1 aromatic rings. The third kappa shape index (κ3) is 8.24. The van der Waals surface area contributed by atoms with Crippen LogP contribution in [0, 0.1) is 5.92 Å². The van der Waals surface area contributed by atoms with Crippen LogP contribution in [0.15, 0.2) is 15.6 Å². The molecular weight excluding hydrogens is 474 g/mol. The van der Waals surface area contributed by atoms with Gasteiger partial charge in [-0.2, -0.15) is 13.2 Å². The number of oxazole rings is 1. The normalized spacial score (nSPS) is 19.1. The molecular formula is C17H29F3IN5O. The highest BCUT2D eigenvalue weighted by atomic mass is 127. The molecule has 2 heterocycles. The second-order valence-electron chi connectivity index (χ2n) is 7.68. The van der Waals surface area contributed by atoms with Crippen molar-refractivity contribution < 1.29 is 17.6 Å². The number of nitrogens with one attached hydrogen (secondary N) is 2. The minimum absolute atomic E-state index is 0. The van der Waals surface area contributed by atoms with Crippen molar-refractivity contribution in [1.82, 2.24) is 20.5 Å². The zero-order valence-corrected chi connectivity index (χ0v) is 18.5. The van der Waals surface area contributed by atoms with Crippen LogP contribution in [0.25, 0.3) is 0 Å². The van der Waals surface area contributed by atoms with E-state index < -0.39 is 12.7 Å². The lowest BCUT2D eigenvalue weighted by molar-refractivity contribution is -0.143. The summed E-state index contributed by atoms with van der Waals surface area (Å²) in [6.07, 6.45) is -1.67. The van der Waals surface area contributed by atoms with E-state index in [1.165, 1.54) is 4.90 Å². The third-order valence-corrected chi connectivity index (χ3v) is 4.25. The van der Waals surface area contributed by atoms with Gasteiger partial charge in [0.2, 0.25) is 5.89 Å². The third-order valence-electron chi connectivity index (χ3n) is 4.25. The molecule has 0 bridgehead atoms. The molecule has 0 aromatic carbocycles. The van der Waals surface area contributed by atoms with Gasteiger partial charge in [-0.3, -0.25) is 9.89 Å². The van der Waals surface area contributed by atoms with Crippen molar-refractivity contribution in [2.45, 2.75) is 45.3 Å². The molecule has 1 fully saturated rings. The van der Waals surface area contributed by atoms with Crippen LogP contribution in [-0.2, 0) is 12.0 Å². The molecule has 6 nitrogen and oxygen atoms in total. The molecule has 0 aliphatic carbocycles. The summed E-state index contributed by atoms with van der Waals surface area (Å²) < 4.78 is 43.0. The molecule has 2 rings (SSSR count). The molecule has 1 aliphatic rings. The molecule has 156 valence electrons. The molecule has 27 heavy (non-hydrogen) atoms. The SMILES string of the molecule is CN=C(NCc1ncc(C(C)(C)C)o1)NCC1CCN(CC(F)(F)F)C1.I. The van der Waals surface area contributed by atoms with Gasteiger partial charge in [0.25, 0.3) is 0 Å². The van der Waals surface area contributed by atoms with Crippen molar-refractivity contribution in [2.75, 3.05) is 33.2 Å². The Morgan fingerprint density at radius 3 is 2.59 bits per heavy atom. The van der Waals surface area contributed by atoms with Crippen LogP contribution in [-0.4, -0.2) is 55.2 Å². The highest BCUT2D eigenvalue weighted by molar-refractivity contribution is 14.0. The van der Waals surface area contributed by atoms with Crippen LogP contribution in [0.1, 0.15) is 38.8 Å². The summed E-state index contributed by atoms with van der Waals surface area (Å²) in [4.78, 5) is 9.82. The number of halogens is 4. The van der Waals surface area contributed by atoms with Gasteiger partial charge in [-0.15, -0.1) is 24.0 Å². The fourth-order valence-corrected chi connectivity index (χ4v) is 2.84. The average Bonchev–Trinajstić information content (AvgIpc) is 3.14. The number of alkyl halides is 3. The van der Waals surface area contributed by atoms with E-state index in [0.717, 1.165) is 12.2 Å². The predicted octanol–water partition coefficient (Wildman–Crippen LogP) is 3.14. The van der Waals surface area contributed by atoms with E-state index in [1.54, 1.807) is 13.2 Å². The molecule has 0 spiro atoms. The van der Waals surface area contributed by atoms with E-state index in [9.17, 15) is 13.2 Å². The minimum Gasteiger partial charge on any atom is -0.443 e.